The summed E-state index contributed by atoms with van der Waals surface area (Å²) in [6.07, 6.45) is 2.73. The summed E-state index contributed by atoms with van der Waals surface area (Å²) in [4.78, 5) is 54.9. The van der Waals surface area contributed by atoms with Crippen molar-refractivity contribution in [2.24, 2.45) is 11.8 Å². The maximum atomic E-state index is 13.3. The number of nitrogens with one attached hydrogen (secondary N) is 1. The molecule has 0 aliphatic carbocycles. The maximum absolute atomic E-state index is 13.3. The van der Waals surface area contributed by atoms with Gasteiger partial charge in [0.05, 0.1) is 10.6 Å². The minimum absolute atomic E-state index is 0.0529. The lowest BCUT2D eigenvalue weighted by atomic mass is 9.95. The van der Waals surface area contributed by atoms with Crippen LogP contribution in [0.25, 0.3) is 0 Å². The summed E-state index contributed by atoms with van der Waals surface area (Å²) >= 11 is 3.25. The molecule has 1 aromatic rings. The SMILES string of the molecule is CC(=CC(C)CC(C)O)CC(C)C(=O)N1CC(=O)N(C)C(Cc2ccc(O)c(Br)c2)C(=O)NC(C)C1=O. The van der Waals surface area contributed by atoms with E-state index < -0.39 is 54.3 Å². The van der Waals surface area contributed by atoms with Gasteiger partial charge in [0.2, 0.25) is 17.7 Å². The van der Waals surface area contributed by atoms with E-state index in [-0.39, 0.29) is 18.1 Å². The van der Waals surface area contributed by atoms with Gasteiger partial charge in [-0.2, -0.15) is 0 Å². The molecule has 10 heteroatoms. The van der Waals surface area contributed by atoms with E-state index in [1.165, 1.54) is 24.9 Å². The normalized spacial score (nSPS) is 22.1. The van der Waals surface area contributed by atoms with Gasteiger partial charge >= 0.3 is 0 Å². The van der Waals surface area contributed by atoms with Crippen molar-refractivity contribution < 1.29 is 29.4 Å². The lowest BCUT2D eigenvalue weighted by Crippen LogP contribution is -2.51. The first-order valence-electron chi connectivity index (χ1n) is 12.4. The van der Waals surface area contributed by atoms with Gasteiger partial charge in [0, 0.05) is 19.4 Å². The molecule has 4 amide bonds. The average Bonchev–Trinajstić information content (AvgIpc) is 2.82. The van der Waals surface area contributed by atoms with Crippen LogP contribution in [-0.2, 0) is 25.6 Å². The fraction of sp³-hybridized carbons (Fsp3) is 0.556. The second kappa shape index (κ2) is 13.2. The summed E-state index contributed by atoms with van der Waals surface area (Å²) < 4.78 is 0.460. The highest BCUT2D eigenvalue weighted by atomic mass is 79.9. The quantitative estimate of drug-likeness (QED) is 0.406. The lowest BCUT2D eigenvalue weighted by Gasteiger charge is -2.28. The van der Waals surface area contributed by atoms with E-state index in [4.69, 9.17) is 0 Å². The second-order valence-electron chi connectivity index (χ2n) is 10.2. The van der Waals surface area contributed by atoms with Crippen LogP contribution in [0.1, 0.15) is 53.0 Å². The number of amides is 4. The van der Waals surface area contributed by atoms with E-state index in [2.05, 4.69) is 21.2 Å². The average molecular weight is 581 g/mol. The molecule has 1 aromatic carbocycles. The number of carbonyl (C=O) groups is 4. The van der Waals surface area contributed by atoms with E-state index in [1.807, 2.05) is 19.9 Å². The molecule has 1 fully saturated rings. The number of aliphatic hydroxyl groups is 1. The van der Waals surface area contributed by atoms with Gasteiger partial charge in [-0.1, -0.05) is 31.6 Å². The number of likely N-dealkylation sites (N-methyl/N-ethyl adjacent to an activating group) is 1. The minimum atomic E-state index is -1.00. The zero-order valence-corrected chi connectivity index (χ0v) is 23.9. The molecule has 0 saturated carbocycles. The molecule has 0 bridgehead atoms. The highest BCUT2D eigenvalue weighted by Gasteiger charge is 2.38. The van der Waals surface area contributed by atoms with E-state index in [0.29, 0.717) is 22.9 Å². The smallest absolute Gasteiger partial charge is 0.251 e. The molecule has 1 aliphatic heterocycles. The third-order valence-corrected chi connectivity index (χ3v) is 7.13. The standard InChI is InChI=1S/C27H38BrN3O6/c1-15(9-16(2)11-18(4)32)10-17(3)26(36)31-14-24(34)30(6)22(25(35)29-19(5)27(31)37)13-20-7-8-23(33)21(28)12-20/h7-9,12,16-19,22,32-33H,10-11,13-14H2,1-6H3,(H,29,35). The Kier molecular flexibility index (Phi) is 10.9. The number of rotatable bonds is 8. The Morgan fingerprint density at radius 1 is 1.24 bits per heavy atom. The van der Waals surface area contributed by atoms with Crippen LogP contribution in [0, 0.1) is 11.8 Å². The van der Waals surface area contributed by atoms with E-state index in [9.17, 15) is 29.4 Å². The number of carbonyl (C=O) groups excluding carboxylic acids is 4. The number of phenolic OH excluding ortho intramolecular Hbond substituents is 1. The minimum Gasteiger partial charge on any atom is -0.507 e. The molecule has 5 unspecified atom stereocenters. The van der Waals surface area contributed by atoms with Crippen LogP contribution in [0.4, 0.5) is 0 Å². The highest BCUT2D eigenvalue weighted by molar-refractivity contribution is 9.10. The predicted molar refractivity (Wildman–Crippen MR) is 143 cm³/mol. The molecule has 1 heterocycles. The lowest BCUT2D eigenvalue weighted by molar-refractivity contribution is -0.152. The van der Waals surface area contributed by atoms with Crippen molar-refractivity contribution in [1.82, 2.24) is 15.1 Å². The number of halogens is 1. The van der Waals surface area contributed by atoms with Crippen LogP contribution in [-0.4, -0.2) is 75.4 Å². The van der Waals surface area contributed by atoms with Crippen molar-refractivity contribution in [3.8, 4) is 5.75 Å². The number of benzene rings is 1. The zero-order chi connectivity index (χ0) is 28.0. The molecular formula is C27H38BrN3O6. The van der Waals surface area contributed by atoms with Crippen LogP contribution in [0.15, 0.2) is 34.3 Å². The van der Waals surface area contributed by atoms with Crippen LogP contribution >= 0.6 is 15.9 Å². The number of nitrogens with zero attached hydrogens (tertiary/aromatic N) is 2. The van der Waals surface area contributed by atoms with Gasteiger partial charge in [-0.25, -0.2) is 0 Å². The molecule has 204 valence electrons. The van der Waals surface area contributed by atoms with Crippen molar-refractivity contribution in [2.75, 3.05) is 13.6 Å². The number of aliphatic hydroxyl groups excluding tert-OH is 1. The number of allylic oxidation sites excluding steroid dienone is 2. The fourth-order valence-corrected chi connectivity index (χ4v) is 5.02. The van der Waals surface area contributed by atoms with Crippen molar-refractivity contribution in [3.05, 3.63) is 39.9 Å². The zero-order valence-electron chi connectivity index (χ0n) is 22.3. The van der Waals surface area contributed by atoms with Crippen LogP contribution in [0.3, 0.4) is 0 Å². The Hall–Kier alpha value is -2.72. The summed E-state index contributed by atoms with van der Waals surface area (Å²) in [5, 5.41) is 22.0. The van der Waals surface area contributed by atoms with Crippen molar-refractivity contribution in [2.45, 2.75) is 72.1 Å². The Labute approximate surface area is 227 Å². The summed E-state index contributed by atoms with van der Waals surface area (Å²) in [6, 6.07) is 2.90. The summed E-state index contributed by atoms with van der Waals surface area (Å²) in [5.74, 6) is -2.53. The summed E-state index contributed by atoms with van der Waals surface area (Å²) in [6.45, 7) is 8.36. The first-order valence-corrected chi connectivity index (χ1v) is 13.2. The van der Waals surface area contributed by atoms with Gasteiger partial charge in [-0.3, -0.25) is 24.1 Å². The van der Waals surface area contributed by atoms with Crippen molar-refractivity contribution in [1.29, 1.82) is 0 Å². The molecule has 0 spiro atoms. The third kappa shape index (κ3) is 8.39. The van der Waals surface area contributed by atoms with Gasteiger partial charge < -0.3 is 20.4 Å². The van der Waals surface area contributed by atoms with Gasteiger partial charge in [0.15, 0.2) is 0 Å². The number of phenols is 1. The Bertz CT molecular complexity index is 1060. The van der Waals surface area contributed by atoms with Crippen LogP contribution < -0.4 is 5.32 Å². The van der Waals surface area contributed by atoms with E-state index in [0.717, 1.165) is 10.5 Å². The van der Waals surface area contributed by atoms with E-state index >= 15 is 0 Å². The first kappa shape index (κ1) is 30.5. The second-order valence-corrected chi connectivity index (χ2v) is 11.0. The van der Waals surface area contributed by atoms with Gasteiger partial charge in [0.1, 0.15) is 24.4 Å². The Morgan fingerprint density at radius 2 is 1.89 bits per heavy atom. The maximum Gasteiger partial charge on any atom is 0.251 e. The van der Waals surface area contributed by atoms with Crippen molar-refractivity contribution in [3.63, 3.8) is 0 Å². The molecule has 0 radical (unpaired) electrons. The number of imide groups is 1. The molecule has 1 saturated heterocycles. The van der Waals surface area contributed by atoms with E-state index in [1.54, 1.807) is 26.0 Å². The monoisotopic (exact) mass is 579 g/mol. The molecular weight excluding hydrogens is 542 g/mol. The summed E-state index contributed by atoms with van der Waals surface area (Å²) in [5.41, 5.74) is 1.66. The third-order valence-electron chi connectivity index (χ3n) is 6.49. The largest absolute Gasteiger partial charge is 0.507 e. The molecule has 5 atom stereocenters. The predicted octanol–water partition coefficient (Wildman–Crippen LogP) is 2.78. The van der Waals surface area contributed by atoms with Crippen molar-refractivity contribution >= 4 is 39.6 Å². The van der Waals surface area contributed by atoms with Crippen LogP contribution in [0.2, 0.25) is 0 Å². The molecule has 1 aliphatic rings. The molecule has 9 nitrogen and oxygen atoms in total. The van der Waals surface area contributed by atoms with Gasteiger partial charge in [0.25, 0.3) is 5.91 Å². The highest BCUT2D eigenvalue weighted by Crippen LogP contribution is 2.26. The molecule has 37 heavy (non-hydrogen) atoms. The number of aromatic hydroxyl groups is 1. The fourth-order valence-electron chi connectivity index (χ4n) is 4.59. The Balaban J connectivity index is 2.23. The number of hydrogen-bond acceptors (Lipinski definition) is 6. The number of hydrogen-bond donors (Lipinski definition) is 3. The molecule has 3 N–H and O–H groups in total. The first-order chi connectivity index (χ1) is 17.2. The van der Waals surface area contributed by atoms with Crippen LogP contribution in [0.5, 0.6) is 5.75 Å². The summed E-state index contributed by atoms with van der Waals surface area (Å²) in [7, 11) is 1.48. The van der Waals surface area contributed by atoms with Gasteiger partial charge in [-0.05, 0) is 73.2 Å². The Morgan fingerprint density at radius 3 is 2.49 bits per heavy atom. The molecule has 2 rings (SSSR count). The molecule has 0 aromatic heterocycles. The van der Waals surface area contributed by atoms with Gasteiger partial charge in [-0.15, -0.1) is 0 Å². The topological polar surface area (TPSA) is 127 Å².